The Labute approximate surface area is 95.3 Å². The van der Waals surface area contributed by atoms with Gasteiger partial charge >= 0.3 is 0 Å². The molecule has 0 saturated carbocycles. The Bertz CT molecular complexity index is 610. The number of H-pyrrole nitrogens is 1. The fourth-order valence-corrected chi connectivity index (χ4v) is 1.36. The lowest BCUT2D eigenvalue weighted by atomic mass is 10.3. The number of nitrogens with zero attached hydrogens (tertiary/aromatic N) is 1. The fourth-order valence-electron chi connectivity index (χ4n) is 1.36. The van der Waals surface area contributed by atoms with E-state index in [0.29, 0.717) is 5.69 Å². The smallest absolute Gasteiger partial charge is 0.252 e. The van der Waals surface area contributed by atoms with Crippen LogP contribution in [0, 0.1) is 18.6 Å². The van der Waals surface area contributed by atoms with Crippen molar-refractivity contribution in [2.75, 3.05) is 5.32 Å². The van der Waals surface area contributed by atoms with E-state index < -0.39 is 11.6 Å². The molecule has 88 valence electrons. The summed E-state index contributed by atoms with van der Waals surface area (Å²) in [6.45, 7) is 1.64. The number of rotatable bonds is 2. The average Bonchev–Trinajstić information content (AvgIpc) is 2.21. The van der Waals surface area contributed by atoms with Crippen molar-refractivity contribution in [2.45, 2.75) is 6.92 Å². The van der Waals surface area contributed by atoms with E-state index in [-0.39, 0.29) is 17.2 Å². The van der Waals surface area contributed by atoms with Crippen LogP contribution in [0.5, 0.6) is 0 Å². The molecule has 0 saturated heterocycles. The predicted molar refractivity (Wildman–Crippen MR) is 59.2 cm³/mol. The first-order valence-corrected chi connectivity index (χ1v) is 4.84. The quantitative estimate of drug-likeness (QED) is 0.840. The van der Waals surface area contributed by atoms with Crippen molar-refractivity contribution >= 4 is 11.6 Å². The van der Waals surface area contributed by atoms with E-state index in [1.165, 1.54) is 12.1 Å². The Hall–Kier alpha value is -2.24. The van der Waals surface area contributed by atoms with Crippen molar-refractivity contribution < 1.29 is 8.78 Å². The molecule has 2 N–H and O–H groups in total. The Morgan fingerprint density at radius 2 is 2.06 bits per heavy atom. The van der Waals surface area contributed by atoms with Crippen molar-refractivity contribution in [1.29, 1.82) is 0 Å². The van der Waals surface area contributed by atoms with Crippen LogP contribution in [0.15, 0.2) is 29.1 Å². The van der Waals surface area contributed by atoms with Crippen molar-refractivity contribution in [3.63, 3.8) is 0 Å². The number of anilines is 2. The highest BCUT2D eigenvalue weighted by molar-refractivity contribution is 5.53. The zero-order valence-electron chi connectivity index (χ0n) is 8.92. The molecule has 0 fully saturated rings. The first kappa shape index (κ1) is 11.3. The molecular weight excluding hydrogens is 228 g/mol. The normalized spacial score (nSPS) is 10.3. The summed E-state index contributed by atoms with van der Waals surface area (Å²) in [7, 11) is 0. The minimum atomic E-state index is -0.755. The number of halogens is 2. The molecule has 0 aliphatic rings. The molecule has 1 heterocycles. The summed E-state index contributed by atoms with van der Waals surface area (Å²) in [5, 5.41) is 2.57. The number of aromatic amines is 1. The topological polar surface area (TPSA) is 57.8 Å². The van der Waals surface area contributed by atoms with E-state index in [2.05, 4.69) is 15.3 Å². The first-order chi connectivity index (χ1) is 8.04. The van der Waals surface area contributed by atoms with E-state index in [1.54, 1.807) is 6.92 Å². The lowest BCUT2D eigenvalue weighted by Gasteiger charge is -2.06. The van der Waals surface area contributed by atoms with Gasteiger partial charge in [-0.2, -0.15) is 0 Å². The molecule has 17 heavy (non-hydrogen) atoms. The third-order valence-corrected chi connectivity index (χ3v) is 2.05. The standard InChI is InChI=1S/C11H9F2N3O/c1-6-4-10(17)16-11(14-6)15-9-3-2-7(12)5-8(9)13/h2-5H,1H3,(H2,14,15,16,17). The summed E-state index contributed by atoms with van der Waals surface area (Å²) in [6, 6.07) is 4.40. The van der Waals surface area contributed by atoms with Gasteiger partial charge in [0.1, 0.15) is 11.6 Å². The molecule has 6 heteroatoms. The van der Waals surface area contributed by atoms with Gasteiger partial charge in [-0.3, -0.25) is 9.78 Å². The average molecular weight is 237 g/mol. The highest BCUT2D eigenvalue weighted by Gasteiger charge is 2.05. The van der Waals surface area contributed by atoms with Gasteiger partial charge in [0.05, 0.1) is 5.69 Å². The number of hydrogen-bond acceptors (Lipinski definition) is 3. The molecule has 2 rings (SSSR count). The summed E-state index contributed by atoms with van der Waals surface area (Å²) in [5.74, 6) is -1.31. The lowest BCUT2D eigenvalue weighted by Crippen LogP contribution is -2.11. The summed E-state index contributed by atoms with van der Waals surface area (Å²) >= 11 is 0. The van der Waals surface area contributed by atoms with Crippen molar-refractivity contribution in [1.82, 2.24) is 9.97 Å². The van der Waals surface area contributed by atoms with Gasteiger partial charge in [0, 0.05) is 17.8 Å². The van der Waals surface area contributed by atoms with E-state index in [1.807, 2.05) is 0 Å². The second-order valence-electron chi connectivity index (χ2n) is 3.48. The Morgan fingerprint density at radius 3 is 2.71 bits per heavy atom. The maximum Gasteiger partial charge on any atom is 0.252 e. The monoisotopic (exact) mass is 237 g/mol. The molecule has 0 atom stereocenters. The SMILES string of the molecule is Cc1cc(=O)[nH]c(Nc2ccc(F)cc2F)n1. The van der Waals surface area contributed by atoms with Crippen LogP contribution in [-0.2, 0) is 0 Å². The zero-order chi connectivity index (χ0) is 12.4. The fraction of sp³-hybridized carbons (Fsp3) is 0.0909. The number of hydrogen-bond donors (Lipinski definition) is 2. The van der Waals surface area contributed by atoms with Crippen LogP contribution in [0.2, 0.25) is 0 Å². The van der Waals surface area contributed by atoms with Crippen LogP contribution in [0.3, 0.4) is 0 Å². The van der Waals surface area contributed by atoms with Gasteiger partial charge in [0.15, 0.2) is 0 Å². The van der Waals surface area contributed by atoms with Crippen molar-refractivity contribution in [2.24, 2.45) is 0 Å². The lowest BCUT2D eigenvalue weighted by molar-refractivity contribution is 0.586. The van der Waals surface area contributed by atoms with Gasteiger partial charge in [0.25, 0.3) is 5.56 Å². The van der Waals surface area contributed by atoms with Gasteiger partial charge in [-0.25, -0.2) is 13.8 Å². The Morgan fingerprint density at radius 1 is 1.29 bits per heavy atom. The number of nitrogens with one attached hydrogen (secondary N) is 2. The van der Waals surface area contributed by atoms with E-state index in [0.717, 1.165) is 12.1 Å². The summed E-state index contributed by atoms with van der Waals surface area (Å²) in [4.78, 5) is 17.5. The molecule has 1 aromatic heterocycles. The summed E-state index contributed by atoms with van der Waals surface area (Å²) in [5.41, 5.74) is 0.196. The molecule has 0 aliphatic carbocycles. The Balaban J connectivity index is 2.34. The largest absolute Gasteiger partial charge is 0.323 e. The van der Waals surface area contributed by atoms with E-state index >= 15 is 0 Å². The van der Waals surface area contributed by atoms with Gasteiger partial charge in [-0.15, -0.1) is 0 Å². The van der Waals surface area contributed by atoms with Crippen LogP contribution in [0.25, 0.3) is 0 Å². The van der Waals surface area contributed by atoms with Crippen molar-refractivity contribution in [3.05, 3.63) is 51.9 Å². The minimum absolute atomic E-state index is 0.0418. The van der Waals surface area contributed by atoms with Gasteiger partial charge < -0.3 is 5.32 Å². The highest BCUT2D eigenvalue weighted by Crippen LogP contribution is 2.17. The second kappa shape index (κ2) is 4.32. The third-order valence-electron chi connectivity index (χ3n) is 2.05. The molecule has 0 unspecified atom stereocenters. The first-order valence-electron chi connectivity index (χ1n) is 4.84. The molecule has 0 amide bonds. The second-order valence-corrected chi connectivity index (χ2v) is 3.48. The van der Waals surface area contributed by atoms with Crippen molar-refractivity contribution in [3.8, 4) is 0 Å². The van der Waals surface area contributed by atoms with Crippen LogP contribution in [-0.4, -0.2) is 9.97 Å². The van der Waals surface area contributed by atoms with E-state index in [9.17, 15) is 13.6 Å². The minimum Gasteiger partial charge on any atom is -0.323 e. The zero-order valence-corrected chi connectivity index (χ0v) is 8.92. The third kappa shape index (κ3) is 2.66. The predicted octanol–water partition coefficient (Wildman–Crippen LogP) is 2.10. The highest BCUT2D eigenvalue weighted by atomic mass is 19.1. The summed E-state index contributed by atoms with van der Waals surface area (Å²) in [6.07, 6.45) is 0. The molecule has 4 nitrogen and oxygen atoms in total. The molecule has 2 aromatic rings. The summed E-state index contributed by atoms with van der Waals surface area (Å²) < 4.78 is 26.0. The maximum absolute atomic E-state index is 13.3. The van der Waals surface area contributed by atoms with Gasteiger partial charge in [-0.05, 0) is 19.1 Å². The number of aryl methyl sites for hydroxylation is 1. The molecule has 0 radical (unpaired) electrons. The maximum atomic E-state index is 13.3. The van der Waals surface area contributed by atoms with Crippen LogP contribution in [0.4, 0.5) is 20.4 Å². The number of benzene rings is 1. The number of aromatic nitrogens is 2. The van der Waals surface area contributed by atoms with Crippen LogP contribution >= 0.6 is 0 Å². The molecule has 0 bridgehead atoms. The van der Waals surface area contributed by atoms with Gasteiger partial charge in [0.2, 0.25) is 5.95 Å². The molecule has 0 aliphatic heterocycles. The van der Waals surface area contributed by atoms with Crippen LogP contribution in [0.1, 0.15) is 5.69 Å². The van der Waals surface area contributed by atoms with Crippen LogP contribution < -0.4 is 10.9 Å². The molecule has 0 spiro atoms. The Kier molecular flexibility index (Phi) is 2.86. The van der Waals surface area contributed by atoms with Gasteiger partial charge in [-0.1, -0.05) is 0 Å². The van der Waals surface area contributed by atoms with E-state index in [4.69, 9.17) is 0 Å². The molecular formula is C11H9F2N3O. The molecule has 1 aromatic carbocycles.